The summed E-state index contributed by atoms with van der Waals surface area (Å²) in [5.74, 6) is 0.259. The number of rotatable bonds is 3. The molecule has 0 radical (unpaired) electrons. The molecule has 0 unspecified atom stereocenters. The Hall–Kier alpha value is -0.900. The van der Waals surface area contributed by atoms with Crippen LogP contribution in [-0.2, 0) is 4.79 Å². The maximum absolute atomic E-state index is 11.1. The number of ether oxygens (including phenoxy) is 1. The number of esters is 1. The van der Waals surface area contributed by atoms with Crippen molar-refractivity contribution in [3.63, 3.8) is 0 Å². The van der Waals surface area contributed by atoms with Crippen molar-refractivity contribution in [1.82, 2.24) is 4.98 Å². The van der Waals surface area contributed by atoms with E-state index in [9.17, 15) is 4.79 Å². The summed E-state index contributed by atoms with van der Waals surface area (Å²) in [6, 6.07) is 1.71. The summed E-state index contributed by atoms with van der Waals surface area (Å²) in [7, 11) is 0. The minimum absolute atomic E-state index is 0.220. The highest BCUT2D eigenvalue weighted by molar-refractivity contribution is 9.10. The second kappa shape index (κ2) is 4.97. The molecule has 0 N–H and O–H groups in total. The Morgan fingerprint density at radius 1 is 1.62 bits per heavy atom. The van der Waals surface area contributed by atoms with Gasteiger partial charge in [-0.25, -0.2) is 0 Å². The van der Waals surface area contributed by atoms with E-state index in [1.165, 1.54) is 6.20 Å². The molecule has 13 heavy (non-hydrogen) atoms. The van der Waals surface area contributed by atoms with Gasteiger partial charge in [0, 0.05) is 17.1 Å². The highest BCUT2D eigenvalue weighted by atomic mass is 79.9. The molecule has 3 nitrogen and oxygen atoms in total. The first-order valence-electron chi connectivity index (χ1n) is 4.03. The molecule has 0 fully saturated rings. The average molecular weight is 244 g/mol. The van der Waals surface area contributed by atoms with Crippen LogP contribution in [0.2, 0.25) is 0 Å². The van der Waals surface area contributed by atoms with Crippen molar-refractivity contribution in [1.29, 1.82) is 0 Å². The lowest BCUT2D eigenvalue weighted by molar-refractivity contribution is -0.134. The molecular formula is C9H10BrNO2. The molecule has 70 valence electrons. The third-order valence-corrected chi connectivity index (χ3v) is 1.80. The molecule has 1 rings (SSSR count). The Kier molecular flexibility index (Phi) is 3.89. The van der Waals surface area contributed by atoms with Crippen molar-refractivity contribution in [3.05, 3.63) is 22.9 Å². The largest absolute Gasteiger partial charge is 0.425 e. The van der Waals surface area contributed by atoms with Crippen LogP contribution in [-0.4, -0.2) is 11.0 Å². The molecule has 0 spiro atoms. The molecule has 0 atom stereocenters. The molecule has 1 heterocycles. The van der Waals surface area contributed by atoms with Crippen molar-refractivity contribution in [3.8, 4) is 5.75 Å². The van der Waals surface area contributed by atoms with Gasteiger partial charge in [0.25, 0.3) is 0 Å². The van der Waals surface area contributed by atoms with E-state index in [1.807, 2.05) is 6.92 Å². The first-order chi connectivity index (χ1) is 6.22. The highest BCUT2D eigenvalue weighted by Gasteiger charge is 2.03. The number of carbonyl (C=O) groups is 1. The van der Waals surface area contributed by atoms with Gasteiger partial charge in [-0.1, -0.05) is 6.92 Å². The van der Waals surface area contributed by atoms with E-state index in [2.05, 4.69) is 20.9 Å². The number of pyridine rings is 1. The maximum Gasteiger partial charge on any atom is 0.311 e. The van der Waals surface area contributed by atoms with Gasteiger partial charge < -0.3 is 4.74 Å². The molecule has 0 aliphatic carbocycles. The predicted molar refractivity (Wildman–Crippen MR) is 52.5 cm³/mol. The van der Waals surface area contributed by atoms with Crippen LogP contribution in [0.3, 0.4) is 0 Å². The smallest absolute Gasteiger partial charge is 0.311 e. The van der Waals surface area contributed by atoms with Gasteiger partial charge in [-0.2, -0.15) is 0 Å². The third kappa shape index (κ3) is 3.55. The molecule has 4 heteroatoms. The Morgan fingerprint density at radius 3 is 3.00 bits per heavy atom. The van der Waals surface area contributed by atoms with Gasteiger partial charge in [0.15, 0.2) is 0 Å². The fourth-order valence-corrected chi connectivity index (χ4v) is 1.18. The minimum atomic E-state index is -0.220. The average Bonchev–Trinajstić information content (AvgIpc) is 2.04. The standard InChI is InChI=1S/C9H10BrNO2/c1-2-3-9(12)13-8-4-7(10)5-11-6-8/h4-6H,2-3H2,1H3. The molecule has 1 aromatic heterocycles. The molecule has 0 aliphatic heterocycles. The lowest BCUT2D eigenvalue weighted by Crippen LogP contribution is -2.06. The summed E-state index contributed by atoms with van der Waals surface area (Å²) in [6.07, 6.45) is 4.38. The lowest BCUT2D eigenvalue weighted by atomic mass is 10.3. The summed E-state index contributed by atoms with van der Waals surface area (Å²) in [5.41, 5.74) is 0. The highest BCUT2D eigenvalue weighted by Crippen LogP contribution is 2.16. The quantitative estimate of drug-likeness (QED) is 0.767. The van der Waals surface area contributed by atoms with Crippen LogP contribution in [0.15, 0.2) is 22.9 Å². The molecule has 0 aromatic carbocycles. The number of halogens is 1. The lowest BCUT2D eigenvalue weighted by Gasteiger charge is -2.02. The topological polar surface area (TPSA) is 39.2 Å². The summed E-state index contributed by atoms with van der Waals surface area (Å²) >= 11 is 3.24. The molecule has 0 amide bonds. The summed E-state index contributed by atoms with van der Waals surface area (Å²) in [5, 5.41) is 0. The van der Waals surface area contributed by atoms with Crippen LogP contribution < -0.4 is 4.74 Å². The molecule has 1 aromatic rings. The van der Waals surface area contributed by atoms with E-state index >= 15 is 0 Å². The molecule has 0 bridgehead atoms. The third-order valence-electron chi connectivity index (χ3n) is 1.37. The van der Waals surface area contributed by atoms with Crippen molar-refractivity contribution in [2.45, 2.75) is 19.8 Å². The zero-order valence-corrected chi connectivity index (χ0v) is 8.87. The van der Waals surface area contributed by atoms with Gasteiger partial charge >= 0.3 is 5.97 Å². The van der Waals surface area contributed by atoms with Gasteiger partial charge in [0.05, 0.1) is 6.20 Å². The first-order valence-corrected chi connectivity index (χ1v) is 4.83. The maximum atomic E-state index is 11.1. The summed E-state index contributed by atoms with van der Waals surface area (Å²) < 4.78 is 5.80. The second-order valence-electron chi connectivity index (χ2n) is 2.56. The Labute approximate surface area is 85.3 Å². The van der Waals surface area contributed by atoms with E-state index < -0.39 is 0 Å². The van der Waals surface area contributed by atoms with Crippen LogP contribution in [0.1, 0.15) is 19.8 Å². The van der Waals surface area contributed by atoms with Crippen molar-refractivity contribution in [2.75, 3.05) is 0 Å². The van der Waals surface area contributed by atoms with Gasteiger partial charge in [-0.3, -0.25) is 9.78 Å². The van der Waals surface area contributed by atoms with Gasteiger partial charge in [0.1, 0.15) is 5.75 Å². The van der Waals surface area contributed by atoms with Crippen LogP contribution in [0.25, 0.3) is 0 Å². The van der Waals surface area contributed by atoms with E-state index in [4.69, 9.17) is 4.74 Å². The van der Waals surface area contributed by atoms with Crippen molar-refractivity contribution >= 4 is 21.9 Å². The Balaban J connectivity index is 2.58. The predicted octanol–water partition coefficient (Wildman–Crippen LogP) is 2.55. The van der Waals surface area contributed by atoms with Crippen LogP contribution in [0.5, 0.6) is 5.75 Å². The van der Waals surface area contributed by atoms with Crippen molar-refractivity contribution < 1.29 is 9.53 Å². The monoisotopic (exact) mass is 243 g/mol. The normalized spacial score (nSPS) is 9.69. The second-order valence-corrected chi connectivity index (χ2v) is 3.48. The Bertz CT molecular complexity index is 301. The zero-order valence-electron chi connectivity index (χ0n) is 7.29. The number of hydrogen-bond donors (Lipinski definition) is 0. The van der Waals surface area contributed by atoms with Crippen LogP contribution in [0, 0.1) is 0 Å². The summed E-state index contributed by atoms with van der Waals surface area (Å²) in [6.45, 7) is 1.93. The Morgan fingerprint density at radius 2 is 2.38 bits per heavy atom. The van der Waals surface area contributed by atoms with Crippen molar-refractivity contribution in [2.24, 2.45) is 0 Å². The first kappa shape index (κ1) is 10.2. The van der Waals surface area contributed by atoms with E-state index in [0.29, 0.717) is 12.2 Å². The molecule has 0 aliphatic rings. The molecule has 0 saturated carbocycles. The van der Waals surface area contributed by atoms with E-state index in [0.717, 1.165) is 10.9 Å². The van der Waals surface area contributed by atoms with E-state index in [1.54, 1.807) is 12.3 Å². The number of hydrogen-bond acceptors (Lipinski definition) is 3. The summed E-state index contributed by atoms with van der Waals surface area (Å²) in [4.78, 5) is 14.9. The van der Waals surface area contributed by atoms with Crippen LogP contribution in [0.4, 0.5) is 0 Å². The minimum Gasteiger partial charge on any atom is -0.425 e. The van der Waals surface area contributed by atoms with Gasteiger partial charge in [-0.15, -0.1) is 0 Å². The van der Waals surface area contributed by atoms with Gasteiger partial charge in [-0.05, 0) is 28.4 Å². The number of carbonyl (C=O) groups excluding carboxylic acids is 1. The fourth-order valence-electron chi connectivity index (χ4n) is 0.835. The van der Waals surface area contributed by atoms with Crippen LogP contribution >= 0.6 is 15.9 Å². The number of aromatic nitrogens is 1. The van der Waals surface area contributed by atoms with Gasteiger partial charge in [0.2, 0.25) is 0 Å². The molecule has 0 saturated heterocycles. The SMILES string of the molecule is CCCC(=O)Oc1cncc(Br)c1. The zero-order chi connectivity index (χ0) is 9.68. The fraction of sp³-hybridized carbons (Fsp3) is 0.333. The number of nitrogens with zero attached hydrogens (tertiary/aromatic N) is 1. The van der Waals surface area contributed by atoms with E-state index in [-0.39, 0.29) is 5.97 Å². The molecular weight excluding hydrogens is 234 g/mol.